The fourth-order valence-corrected chi connectivity index (χ4v) is 2.88. The number of halogens is 1. The third-order valence-electron chi connectivity index (χ3n) is 3.46. The molecule has 1 N–H and O–H groups in total. The van der Waals surface area contributed by atoms with Crippen LogP contribution in [0.15, 0.2) is 24.3 Å². The molecule has 0 aliphatic heterocycles. The summed E-state index contributed by atoms with van der Waals surface area (Å²) in [6.07, 6.45) is 2.30. The van der Waals surface area contributed by atoms with Crippen molar-refractivity contribution in [3.8, 4) is 0 Å². The first-order valence-electron chi connectivity index (χ1n) is 7.79. The van der Waals surface area contributed by atoms with E-state index in [9.17, 15) is 17.6 Å². The fraction of sp³-hybridized carbons (Fsp3) is 0.562. The van der Waals surface area contributed by atoms with Crippen molar-refractivity contribution in [1.82, 2.24) is 14.5 Å². The Morgan fingerprint density at radius 1 is 1.17 bits per heavy atom. The van der Waals surface area contributed by atoms with Gasteiger partial charge in [-0.3, -0.25) is 4.79 Å². The van der Waals surface area contributed by atoms with Crippen LogP contribution in [0.5, 0.6) is 0 Å². The molecular formula is C16H26FN3O3S. The molecule has 0 fully saturated rings. The second-order valence-electron chi connectivity index (χ2n) is 5.98. The van der Waals surface area contributed by atoms with Gasteiger partial charge in [0.05, 0.1) is 12.8 Å². The molecule has 136 valence electrons. The minimum atomic E-state index is -3.49. The van der Waals surface area contributed by atoms with Crippen LogP contribution in [0.1, 0.15) is 12.0 Å². The third kappa shape index (κ3) is 8.37. The molecule has 0 aliphatic carbocycles. The summed E-state index contributed by atoms with van der Waals surface area (Å²) in [6, 6.07) is 5.88. The largest absolute Gasteiger partial charge is 0.355 e. The first-order valence-corrected chi connectivity index (χ1v) is 9.64. The predicted molar refractivity (Wildman–Crippen MR) is 92.7 cm³/mol. The topological polar surface area (TPSA) is 69.7 Å². The molecule has 0 bridgehead atoms. The molecule has 0 saturated heterocycles. The average molecular weight is 359 g/mol. The molecule has 24 heavy (non-hydrogen) atoms. The van der Waals surface area contributed by atoms with Crippen LogP contribution in [0.3, 0.4) is 0 Å². The van der Waals surface area contributed by atoms with Gasteiger partial charge < -0.3 is 10.2 Å². The highest BCUT2D eigenvalue weighted by Gasteiger charge is 2.19. The van der Waals surface area contributed by atoms with E-state index in [1.807, 2.05) is 19.0 Å². The number of nitrogens with one attached hydrogen (secondary N) is 1. The van der Waals surface area contributed by atoms with E-state index in [0.717, 1.165) is 29.1 Å². The number of carbonyl (C=O) groups is 1. The third-order valence-corrected chi connectivity index (χ3v) is 4.71. The normalized spacial score (nSPS) is 11.9. The van der Waals surface area contributed by atoms with Gasteiger partial charge in [-0.1, -0.05) is 12.1 Å². The van der Waals surface area contributed by atoms with E-state index in [1.165, 1.54) is 12.1 Å². The van der Waals surface area contributed by atoms with E-state index in [0.29, 0.717) is 13.0 Å². The Kier molecular flexibility index (Phi) is 8.30. The van der Waals surface area contributed by atoms with Crippen molar-refractivity contribution in [3.63, 3.8) is 0 Å². The summed E-state index contributed by atoms with van der Waals surface area (Å²) in [5, 5.41) is 2.72. The summed E-state index contributed by atoms with van der Waals surface area (Å²) >= 11 is 0. The fourth-order valence-electron chi connectivity index (χ4n) is 2.11. The van der Waals surface area contributed by atoms with Gasteiger partial charge in [0.1, 0.15) is 5.82 Å². The molecule has 0 atom stereocenters. The minimum Gasteiger partial charge on any atom is -0.355 e. The van der Waals surface area contributed by atoms with E-state index in [2.05, 4.69) is 5.32 Å². The Hall–Kier alpha value is -1.51. The SMILES string of the molecule is CN(C)CCCNC(=O)CN(CCc1ccc(F)cc1)S(C)(=O)=O. The van der Waals surface area contributed by atoms with E-state index >= 15 is 0 Å². The molecule has 8 heteroatoms. The minimum absolute atomic E-state index is 0.176. The van der Waals surface area contributed by atoms with Crippen LogP contribution in [0.25, 0.3) is 0 Å². The van der Waals surface area contributed by atoms with Crippen LogP contribution in [0.4, 0.5) is 4.39 Å². The first-order chi connectivity index (χ1) is 11.2. The highest BCUT2D eigenvalue weighted by atomic mass is 32.2. The standard InChI is InChI=1S/C16H26FN3O3S/c1-19(2)11-4-10-18-16(21)13-20(24(3,22)23)12-9-14-5-7-15(17)8-6-14/h5-8H,4,9-13H2,1-3H3,(H,18,21). The predicted octanol–water partition coefficient (Wildman–Crippen LogP) is 0.698. The zero-order valence-electron chi connectivity index (χ0n) is 14.5. The molecular weight excluding hydrogens is 333 g/mol. The van der Waals surface area contributed by atoms with Crippen molar-refractivity contribution >= 4 is 15.9 Å². The molecule has 0 aliphatic rings. The second kappa shape index (κ2) is 9.71. The van der Waals surface area contributed by atoms with E-state index in [4.69, 9.17) is 0 Å². The Labute approximate surface area is 143 Å². The van der Waals surface area contributed by atoms with Crippen molar-refractivity contribution in [3.05, 3.63) is 35.6 Å². The molecule has 1 aromatic rings. The molecule has 0 aromatic heterocycles. The number of benzene rings is 1. The van der Waals surface area contributed by atoms with Gasteiger partial charge >= 0.3 is 0 Å². The molecule has 0 radical (unpaired) electrons. The van der Waals surface area contributed by atoms with Crippen molar-refractivity contribution < 1.29 is 17.6 Å². The number of rotatable bonds is 10. The average Bonchev–Trinajstić information content (AvgIpc) is 2.48. The number of hydrogen-bond donors (Lipinski definition) is 1. The monoisotopic (exact) mass is 359 g/mol. The summed E-state index contributed by atoms with van der Waals surface area (Å²) in [5.41, 5.74) is 0.816. The molecule has 6 nitrogen and oxygen atoms in total. The van der Waals surface area contributed by atoms with Gasteiger partial charge in [0.2, 0.25) is 15.9 Å². The number of carbonyl (C=O) groups excluding carboxylic acids is 1. The van der Waals surface area contributed by atoms with Gasteiger partial charge in [0, 0.05) is 13.1 Å². The second-order valence-corrected chi connectivity index (χ2v) is 7.96. The van der Waals surface area contributed by atoms with Crippen LogP contribution in [0.2, 0.25) is 0 Å². The van der Waals surface area contributed by atoms with Crippen LogP contribution in [-0.4, -0.2) is 70.1 Å². The van der Waals surface area contributed by atoms with Crippen LogP contribution < -0.4 is 5.32 Å². The first kappa shape index (κ1) is 20.5. The number of nitrogens with zero attached hydrogens (tertiary/aromatic N) is 2. The van der Waals surface area contributed by atoms with Crippen molar-refractivity contribution in [2.24, 2.45) is 0 Å². The van der Waals surface area contributed by atoms with Gasteiger partial charge in [-0.2, -0.15) is 4.31 Å². The number of hydrogen-bond acceptors (Lipinski definition) is 4. The summed E-state index contributed by atoms with van der Waals surface area (Å²) in [4.78, 5) is 13.9. The van der Waals surface area contributed by atoms with Crippen LogP contribution >= 0.6 is 0 Å². The Morgan fingerprint density at radius 2 is 1.79 bits per heavy atom. The zero-order chi connectivity index (χ0) is 18.2. The quantitative estimate of drug-likeness (QED) is 0.625. The summed E-state index contributed by atoms with van der Waals surface area (Å²) in [6.45, 7) is 1.32. The Bertz CT molecular complexity index is 618. The molecule has 1 rings (SSSR count). The maximum atomic E-state index is 12.9. The van der Waals surface area contributed by atoms with E-state index < -0.39 is 10.0 Å². The van der Waals surface area contributed by atoms with Crippen LogP contribution in [-0.2, 0) is 21.2 Å². The molecule has 0 spiro atoms. The lowest BCUT2D eigenvalue weighted by Gasteiger charge is -2.19. The molecule has 0 saturated carbocycles. The van der Waals surface area contributed by atoms with Gasteiger partial charge in [0.25, 0.3) is 0 Å². The van der Waals surface area contributed by atoms with E-state index in [-0.39, 0.29) is 24.8 Å². The summed E-state index contributed by atoms with van der Waals surface area (Å²) in [5.74, 6) is -0.658. The highest BCUT2D eigenvalue weighted by molar-refractivity contribution is 7.88. The number of amides is 1. The lowest BCUT2D eigenvalue weighted by atomic mass is 10.1. The lowest BCUT2D eigenvalue weighted by molar-refractivity contribution is -0.121. The zero-order valence-corrected chi connectivity index (χ0v) is 15.3. The molecule has 1 amide bonds. The highest BCUT2D eigenvalue weighted by Crippen LogP contribution is 2.06. The smallest absolute Gasteiger partial charge is 0.235 e. The van der Waals surface area contributed by atoms with Crippen molar-refractivity contribution in [2.75, 3.05) is 46.5 Å². The lowest BCUT2D eigenvalue weighted by Crippen LogP contribution is -2.41. The Balaban J connectivity index is 2.50. The van der Waals surface area contributed by atoms with Gasteiger partial charge in [-0.05, 0) is 51.2 Å². The molecule has 1 aromatic carbocycles. The molecule has 0 unspecified atom stereocenters. The summed E-state index contributed by atoms with van der Waals surface area (Å²) in [7, 11) is 0.402. The maximum absolute atomic E-state index is 12.9. The van der Waals surface area contributed by atoms with Crippen LogP contribution in [0, 0.1) is 5.82 Å². The van der Waals surface area contributed by atoms with E-state index in [1.54, 1.807) is 12.1 Å². The Morgan fingerprint density at radius 3 is 2.33 bits per heavy atom. The van der Waals surface area contributed by atoms with Crippen molar-refractivity contribution in [1.29, 1.82) is 0 Å². The maximum Gasteiger partial charge on any atom is 0.235 e. The van der Waals surface area contributed by atoms with Gasteiger partial charge in [-0.25, -0.2) is 12.8 Å². The molecule has 0 heterocycles. The van der Waals surface area contributed by atoms with Gasteiger partial charge in [0.15, 0.2) is 0 Å². The van der Waals surface area contributed by atoms with Crippen molar-refractivity contribution in [2.45, 2.75) is 12.8 Å². The number of sulfonamides is 1. The summed E-state index contributed by atoms with van der Waals surface area (Å²) < 4.78 is 37.7. The van der Waals surface area contributed by atoms with Gasteiger partial charge in [-0.15, -0.1) is 0 Å².